The SMILES string of the molecule is CCc1cccc(NC(N)=NCc2cccc(C(=O)NC(C)CC)c2)c1. The second-order valence-corrected chi connectivity index (χ2v) is 6.36. The number of hydrogen-bond donors (Lipinski definition) is 3. The summed E-state index contributed by atoms with van der Waals surface area (Å²) in [6, 6.07) is 15.7. The minimum absolute atomic E-state index is 0.0624. The molecule has 4 N–H and O–H groups in total. The van der Waals surface area contributed by atoms with E-state index in [1.54, 1.807) is 0 Å². The number of guanidine groups is 1. The van der Waals surface area contributed by atoms with Crippen molar-refractivity contribution >= 4 is 17.6 Å². The molecule has 0 radical (unpaired) electrons. The summed E-state index contributed by atoms with van der Waals surface area (Å²) in [5.74, 6) is 0.292. The maximum atomic E-state index is 12.2. The number of carbonyl (C=O) groups is 1. The van der Waals surface area contributed by atoms with Gasteiger partial charge in [-0.15, -0.1) is 0 Å². The minimum Gasteiger partial charge on any atom is -0.370 e. The molecule has 2 aromatic carbocycles. The Bertz CT molecular complexity index is 770. The molecule has 0 saturated heterocycles. The van der Waals surface area contributed by atoms with Gasteiger partial charge in [0, 0.05) is 17.3 Å². The van der Waals surface area contributed by atoms with Crippen LogP contribution in [0.25, 0.3) is 0 Å². The zero-order valence-corrected chi connectivity index (χ0v) is 15.8. The van der Waals surface area contributed by atoms with E-state index in [4.69, 9.17) is 5.73 Å². The Morgan fingerprint density at radius 1 is 1.12 bits per heavy atom. The van der Waals surface area contributed by atoms with Crippen LogP contribution in [-0.2, 0) is 13.0 Å². The molecule has 26 heavy (non-hydrogen) atoms. The van der Waals surface area contributed by atoms with Crippen molar-refractivity contribution in [2.45, 2.75) is 46.2 Å². The summed E-state index contributed by atoms with van der Waals surface area (Å²) in [6.45, 7) is 6.56. The van der Waals surface area contributed by atoms with Crippen LogP contribution in [0.3, 0.4) is 0 Å². The molecule has 138 valence electrons. The Morgan fingerprint density at radius 3 is 2.58 bits per heavy atom. The van der Waals surface area contributed by atoms with Gasteiger partial charge >= 0.3 is 0 Å². The van der Waals surface area contributed by atoms with Crippen LogP contribution >= 0.6 is 0 Å². The average Bonchev–Trinajstić information content (AvgIpc) is 2.66. The van der Waals surface area contributed by atoms with Crippen LogP contribution in [-0.4, -0.2) is 17.9 Å². The fourth-order valence-electron chi connectivity index (χ4n) is 2.45. The van der Waals surface area contributed by atoms with Gasteiger partial charge in [0.25, 0.3) is 5.91 Å². The van der Waals surface area contributed by atoms with E-state index in [0.29, 0.717) is 18.1 Å². The van der Waals surface area contributed by atoms with Gasteiger partial charge in [-0.25, -0.2) is 4.99 Å². The summed E-state index contributed by atoms with van der Waals surface area (Å²) in [4.78, 5) is 16.6. The number of carbonyl (C=O) groups excluding carboxylic acids is 1. The lowest BCUT2D eigenvalue weighted by Gasteiger charge is -2.12. The lowest BCUT2D eigenvalue weighted by Crippen LogP contribution is -2.31. The molecular formula is C21H28N4O. The van der Waals surface area contributed by atoms with Gasteiger partial charge in [-0.3, -0.25) is 4.79 Å². The molecule has 1 atom stereocenters. The number of benzene rings is 2. The van der Waals surface area contributed by atoms with E-state index in [1.165, 1.54) is 5.56 Å². The maximum absolute atomic E-state index is 12.2. The number of nitrogens with one attached hydrogen (secondary N) is 2. The Morgan fingerprint density at radius 2 is 1.85 bits per heavy atom. The summed E-state index contributed by atoms with van der Waals surface area (Å²) in [5.41, 5.74) is 9.73. The van der Waals surface area contributed by atoms with Gasteiger partial charge in [0.15, 0.2) is 5.96 Å². The Kier molecular flexibility index (Phi) is 7.21. The van der Waals surface area contributed by atoms with Crippen molar-refractivity contribution in [3.05, 3.63) is 65.2 Å². The van der Waals surface area contributed by atoms with Crippen molar-refractivity contribution < 1.29 is 4.79 Å². The molecule has 0 fully saturated rings. The molecule has 2 rings (SSSR count). The first-order valence-electron chi connectivity index (χ1n) is 9.07. The molecule has 5 heteroatoms. The van der Waals surface area contributed by atoms with Crippen LogP contribution in [0.1, 0.15) is 48.7 Å². The zero-order valence-electron chi connectivity index (χ0n) is 15.8. The summed E-state index contributed by atoms with van der Waals surface area (Å²) >= 11 is 0. The normalized spacial score (nSPS) is 12.5. The maximum Gasteiger partial charge on any atom is 0.251 e. The van der Waals surface area contributed by atoms with Gasteiger partial charge in [0.05, 0.1) is 6.54 Å². The molecule has 0 aliphatic rings. The van der Waals surface area contributed by atoms with Crippen LogP contribution in [0.4, 0.5) is 5.69 Å². The van der Waals surface area contributed by atoms with E-state index >= 15 is 0 Å². The summed E-state index contributed by atoms with van der Waals surface area (Å²) in [6.07, 6.45) is 1.87. The molecule has 0 heterocycles. The Labute approximate surface area is 155 Å². The fraction of sp³-hybridized carbons (Fsp3) is 0.333. The molecular weight excluding hydrogens is 324 g/mol. The van der Waals surface area contributed by atoms with Crippen molar-refractivity contribution in [3.63, 3.8) is 0 Å². The first-order valence-corrected chi connectivity index (χ1v) is 9.07. The first kappa shape index (κ1) is 19.5. The topological polar surface area (TPSA) is 79.5 Å². The van der Waals surface area contributed by atoms with Gasteiger partial charge in [0.1, 0.15) is 0 Å². The molecule has 0 aromatic heterocycles. The average molecular weight is 352 g/mol. The van der Waals surface area contributed by atoms with Crippen molar-refractivity contribution in [1.29, 1.82) is 0 Å². The third-order valence-electron chi connectivity index (χ3n) is 4.22. The van der Waals surface area contributed by atoms with Crippen molar-refractivity contribution in [3.8, 4) is 0 Å². The highest BCUT2D eigenvalue weighted by Crippen LogP contribution is 2.11. The molecule has 0 spiro atoms. The second kappa shape index (κ2) is 9.61. The van der Waals surface area contributed by atoms with E-state index < -0.39 is 0 Å². The molecule has 0 bridgehead atoms. The fourth-order valence-corrected chi connectivity index (χ4v) is 2.45. The highest BCUT2D eigenvalue weighted by atomic mass is 16.1. The monoisotopic (exact) mass is 352 g/mol. The van der Waals surface area contributed by atoms with Crippen LogP contribution in [0, 0.1) is 0 Å². The number of nitrogens with two attached hydrogens (primary N) is 1. The number of aliphatic imine (C=N–C) groups is 1. The Balaban J connectivity index is 2.00. The zero-order chi connectivity index (χ0) is 18.9. The van der Waals surface area contributed by atoms with Crippen LogP contribution in [0.2, 0.25) is 0 Å². The largest absolute Gasteiger partial charge is 0.370 e. The molecule has 0 aliphatic heterocycles. The number of anilines is 1. The third kappa shape index (κ3) is 5.92. The molecule has 1 unspecified atom stereocenters. The van der Waals surface area contributed by atoms with Crippen LogP contribution < -0.4 is 16.4 Å². The number of amides is 1. The van der Waals surface area contributed by atoms with E-state index in [9.17, 15) is 4.79 Å². The summed E-state index contributed by atoms with van der Waals surface area (Å²) < 4.78 is 0. The van der Waals surface area contributed by atoms with E-state index in [0.717, 1.165) is 24.1 Å². The second-order valence-electron chi connectivity index (χ2n) is 6.36. The van der Waals surface area contributed by atoms with Gasteiger partial charge in [-0.2, -0.15) is 0 Å². The lowest BCUT2D eigenvalue weighted by molar-refractivity contribution is 0.0939. The number of rotatable bonds is 7. The molecule has 2 aromatic rings. The predicted octanol–water partition coefficient (Wildman–Crippen LogP) is 3.70. The number of hydrogen-bond acceptors (Lipinski definition) is 2. The number of aryl methyl sites for hydroxylation is 1. The van der Waals surface area contributed by atoms with Crippen molar-refractivity contribution in [2.75, 3.05) is 5.32 Å². The predicted molar refractivity (Wildman–Crippen MR) is 108 cm³/mol. The Hall–Kier alpha value is -2.82. The summed E-state index contributed by atoms with van der Waals surface area (Å²) in [7, 11) is 0. The quantitative estimate of drug-likeness (QED) is 0.525. The van der Waals surface area contributed by atoms with Gasteiger partial charge in [0.2, 0.25) is 0 Å². The van der Waals surface area contributed by atoms with Crippen molar-refractivity contribution in [2.24, 2.45) is 10.7 Å². The smallest absolute Gasteiger partial charge is 0.251 e. The van der Waals surface area contributed by atoms with Gasteiger partial charge < -0.3 is 16.4 Å². The van der Waals surface area contributed by atoms with Crippen LogP contribution in [0.5, 0.6) is 0 Å². The van der Waals surface area contributed by atoms with E-state index in [-0.39, 0.29) is 11.9 Å². The number of nitrogens with zero attached hydrogens (tertiary/aromatic N) is 1. The third-order valence-corrected chi connectivity index (χ3v) is 4.22. The first-order chi connectivity index (χ1) is 12.5. The summed E-state index contributed by atoms with van der Waals surface area (Å²) in [5, 5.41) is 6.08. The van der Waals surface area contributed by atoms with Gasteiger partial charge in [-0.05, 0) is 55.2 Å². The molecule has 5 nitrogen and oxygen atoms in total. The van der Waals surface area contributed by atoms with E-state index in [2.05, 4.69) is 34.7 Å². The highest BCUT2D eigenvalue weighted by Gasteiger charge is 2.08. The lowest BCUT2D eigenvalue weighted by atomic mass is 10.1. The molecule has 0 aliphatic carbocycles. The van der Waals surface area contributed by atoms with Crippen LogP contribution in [0.15, 0.2) is 53.5 Å². The molecule has 0 saturated carbocycles. The van der Waals surface area contributed by atoms with E-state index in [1.807, 2.05) is 50.2 Å². The minimum atomic E-state index is -0.0624. The highest BCUT2D eigenvalue weighted by molar-refractivity contribution is 5.94. The standard InChI is InChI=1S/C21H28N4O/c1-4-15(3)24-20(26)18-10-6-9-17(12-18)14-23-21(22)25-19-11-7-8-16(5-2)13-19/h6-13,15H,4-5,14H2,1-3H3,(H,24,26)(H3,22,23,25). The van der Waals surface area contributed by atoms with Gasteiger partial charge in [-0.1, -0.05) is 38.1 Å². The molecule has 1 amide bonds. The van der Waals surface area contributed by atoms with Crippen molar-refractivity contribution in [1.82, 2.24) is 5.32 Å².